The third kappa shape index (κ3) is 2.31. The number of rotatable bonds is 2. The quantitative estimate of drug-likeness (QED) is 0.571. The van der Waals surface area contributed by atoms with Crippen LogP contribution in [-0.4, -0.2) is 20.6 Å². The van der Waals surface area contributed by atoms with Crippen molar-refractivity contribution in [2.24, 2.45) is 0 Å². The van der Waals surface area contributed by atoms with Crippen LogP contribution in [0.5, 0.6) is 0 Å². The number of tetrazole rings is 1. The van der Waals surface area contributed by atoms with Gasteiger partial charge in [0.2, 0.25) is 5.82 Å². The summed E-state index contributed by atoms with van der Waals surface area (Å²) in [5.41, 5.74) is 2.11. The summed E-state index contributed by atoms with van der Waals surface area (Å²) in [4.78, 5) is 12.8. The number of aromatic nitrogens is 4. The summed E-state index contributed by atoms with van der Waals surface area (Å²) in [7, 11) is 0. The zero-order chi connectivity index (χ0) is 16.0. The van der Waals surface area contributed by atoms with Gasteiger partial charge in [0.1, 0.15) is 0 Å². The highest BCUT2D eigenvalue weighted by molar-refractivity contribution is 7.24. The molecule has 0 saturated heterocycles. The molecule has 1 N–H and O–H groups in total. The predicted octanol–water partition coefficient (Wildman–Crippen LogP) is 3.72. The van der Waals surface area contributed by atoms with Crippen LogP contribution in [0.3, 0.4) is 0 Å². The first-order valence-corrected chi connectivity index (χ1v) is 8.19. The van der Waals surface area contributed by atoms with Gasteiger partial charge < -0.3 is 0 Å². The van der Waals surface area contributed by atoms with Gasteiger partial charge in [-0.1, -0.05) is 26.0 Å². The molecule has 0 atom stereocenters. The molecule has 0 spiro atoms. The van der Waals surface area contributed by atoms with Gasteiger partial charge in [0, 0.05) is 25.7 Å². The summed E-state index contributed by atoms with van der Waals surface area (Å²) in [5.74, 6) is 0.932. The molecule has 2 heterocycles. The Morgan fingerprint density at radius 3 is 2.65 bits per heavy atom. The van der Waals surface area contributed by atoms with Gasteiger partial charge in [-0.3, -0.25) is 4.79 Å². The van der Waals surface area contributed by atoms with E-state index in [2.05, 4.69) is 40.5 Å². The smallest absolute Gasteiger partial charge is 0.204 e. The van der Waals surface area contributed by atoms with Crippen LogP contribution in [0.4, 0.5) is 0 Å². The highest BCUT2D eigenvalue weighted by Gasteiger charge is 2.10. The van der Waals surface area contributed by atoms with E-state index in [4.69, 9.17) is 0 Å². The minimum absolute atomic E-state index is 0.0795. The fraction of sp³-hybridized carbons (Fsp3) is 0.176. The Balaban J connectivity index is 2.00. The summed E-state index contributed by atoms with van der Waals surface area (Å²) >= 11 is 1.61. The lowest BCUT2D eigenvalue weighted by Crippen LogP contribution is -2.02. The van der Waals surface area contributed by atoms with Gasteiger partial charge in [-0.25, -0.2) is 0 Å². The van der Waals surface area contributed by atoms with Gasteiger partial charge in [0.05, 0.1) is 0 Å². The van der Waals surface area contributed by atoms with Gasteiger partial charge in [-0.2, -0.15) is 5.21 Å². The summed E-state index contributed by atoms with van der Waals surface area (Å²) < 4.78 is 1.93. The van der Waals surface area contributed by atoms with Crippen molar-refractivity contribution in [3.05, 3.63) is 52.2 Å². The fourth-order valence-electron chi connectivity index (χ4n) is 2.65. The minimum atomic E-state index is 0.0795. The maximum Gasteiger partial charge on any atom is 0.204 e. The van der Waals surface area contributed by atoms with E-state index in [1.54, 1.807) is 11.3 Å². The number of H-pyrrole nitrogens is 1. The molecule has 0 bridgehead atoms. The molecule has 0 saturated carbocycles. The van der Waals surface area contributed by atoms with Crippen LogP contribution in [0.1, 0.15) is 25.3 Å². The Hall–Kier alpha value is -2.60. The first kappa shape index (κ1) is 14.0. The van der Waals surface area contributed by atoms with E-state index in [9.17, 15) is 4.79 Å². The first-order chi connectivity index (χ1) is 11.1. The van der Waals surface area contributed by atoms with Crippen molar-refractivity contribution in [3.63, 3.8) is 0 Å². The van der Waals surface area contributed by atoms with Gasteiger partial charge in [-0.15, -0.1) is 21.5 Å². The maximum absolute atomic E-state index is 12.8. The molecule has 4 rings (SSSR count). The molecule has 0 aliphatic rings. The van der Waals surface area contributed by atoms with Gasteiger partial charge in [0.15, 0.2) is 5.43 Å². The number of hydrogen-bond donors (Lipinski definition) is 1. The molecule has 4 aromatic rings. The number of nitrogens with one attached hydrogen (secondary N) is 1. The zero-order valence-corrected chi connectivity index (χ0v) is 13.5. The second kappa shape index (κ2) is 5.24. The van der Waals surface area contributed by atoms with E-state index in [-0.39, 0.29) is 5.43 Å². The molecule has 0 unspecified atom stereocenters. The van der Waals surface area contributed by atoms with E-state index in [1.807, 2.05) is 30.3 Å². The molecular formula is C17H14N4OS. The largest absolute Gasteiger partial charge is 0.289 e. The monoisotopic (exact) mass is 322 g/mol. The number of nitrogens with zero attached hydrogens (tertiary/aromatic N) is 3. The lowest BCUT2D eigenvalue weighted by atomic mass is 10.0. The highest BCUT2D eigenvalue weighted by atomic mass is 32.1. The van der Waals surface area contributed by atoms with Crippen molar-refractivity contribution in [1.82, 2.24) is 20.6 Å². The van der Waals surface area contributed by atoms with E-state index in [1.165, 1.54) is 5.56 Å². The molecule has 5 nitrogen and oxygen atoms in total. The molecule has 0 fully saturated rings. The van der Waals surface area contributed by atoms with Crippen molar-refractivity contribution >= 4 is 31.5 Å². The molecule has 2 aromatic carbocycles. The van der Waals surface area contributed by atoms with Crippen LogP contribution < -0.4 is 5.43 Å². The molecule has 6 heteroatoms. The lowest BCUT2D eigenvalue weighted by molar-refractivity contribution is 0.869. The molecule has 114 valence electrons. The van der Waals surface area contributed by atoms with Crippen LogP contribution in [0.25, 0.3) is 31.6 Å². The standard InChI is InChI=1S/C17H14N4OS/c1-9(2)10-4-6-14-13(7-10)16(22)12-5-3-11(8-15(12)23-14)17-18-20-21-19-17/h3-9H,1-2H3,(H,18,19,20,21). The van der Waals surface area contributed by atoms with Gasteiger partial charge >= 0.3 is 0 Å². The van der Waals surface area contributed by atoms with E-state index in [0.717, 1.165) is 25.7 Å². The molecule has 2 aromatic heterocycles. The van der Waals surface area contributed by atoms with Crippen molar-refractivity contribution in [1.29, 1.82) is 0 Å². The highest BCUT2D eigenvalue weighted by Crippen LogP contribution is 2.29. The second-order valence-corrected chi connectivity index (χ2v) is 6.87. The third-order valence-electron chi connectivity index (χ3n) is 3.96. The third-order valence-corrected chi connectivity index (χ3v) is 5.10. The Morgan fingerprint density at radius 1 is 1.04 bits per heavy atom. The van der Waals surface area contributed by atoms with Crippen molar-refractivity contribution in [2.75, 3.05) is 0 Å². The average molecular weight is 322 g/mol. The SMILES string of the molecule is CC(C)c1ccc2sc3cc(-c4nn[nH]n4)ccc3c(=O)c2c1. The van der Waals surface area contributed by atoms with Crippen LogP contribution in [0.15, 0.2) is 41.2 Å². The Morgan fingerprint density at radius 2 is 1.91 bits per heavy atom. The van der Waals surface area contributed by atoms with E-state index >= 15 is 0 Å². The first-order valence-electron chi connectivity index (χ1n) is 7.38. The Kier molecular flexibility index (Phi) is 3.20. The molecule has 0 amide bonds. The average Bonchev–Trinajstić information content (AvgIpc) is 3.08. The lowest BCUT2D eigenvalue weighted by Gasteiger charge is -2.07. The predicted molar refractivity (Wildman–Crippen MR) is 92.9 cm³/mol. The molecular weight excluding hydrogens is 308 g/mol. The zero-order valence-electron chi connectivity index (χ0n) is 12.7. The number of hydrogen-bond acceptors (Lipinski definition) is 5. The second-order valence-electron chi connectivity index (χ2n) is 5.79. The van der Waals surface area contributed by atoms with Crippen molar-refractivity contribution < 1.29 is 0 Å². The van der Waals surface area contributed by atoms with Crippen LogP contribution in [0.2, 0.25) is 0 Å². The maximum atomic E-state index is 12.8. The minimum Gasteiger partial charge on any atom is -0.289 e. The fourth-order valence-corrected chi connectivity index (χ4v) is 3.75. The molecule has 0 aliphatic heterocycles. The van der Waals surface area contributed by atoms with Gasteiger partial charge in [-0.05, 0) is 41.0 Å². The normalized spacial score (nSPS) is 11.6. The van der Waals surface area contributed by atoms with E-state index in [0.29, 0.717) is 11.7 Å². The van der Waals surface area contributed by atoms with Crippen molar-refractivity contribution in [2.45, 2.75) is 19.8 Å². The van der Waals surface area contributed by atoms with Gasteiger partial charge in [0.25, 0.3) is 0 Å². The van der Waals surface area contributed by atoms with Crippen molar-refractivity contribution in [3.8, 4) is 11.4 Å². The number of fused-ring (bicyclic) bond motifs is 2. The molecule has 0 radical (unpaired) electrons. The summed E-state index contributed by atoms with van der Waals surface area (Å²) in [6.45, 7) is 4.26. The summed E-state index contributed by atoms with van der Waals surface area (Å²) in [5, 5.41) is 15.5. The number of aromatic amines is 1. The summed E-state index contributed by atoms with van der Waals surface area (Å²) in [6, 6.07) is 11.8. The summed E-state index contributed by atoms with van der Waals surface area (Å²) in [6.07, 6.45) is 0. The Bertz CT molecular complexity index is 1070. The van der Waals surface area contributed by atoms with Crippen LogP contribution in [-0.2, 0) is 0 Å². The molecule has 23 heavy (non-hydrogen) atoms. The van der Waals surface area contributed by atoms with Crippen LogP contribution >= 0.6 is 11.3 Å². The van der Waals surface area contributed by atoms with E-state index < -0.39 is 0 Å². The number of benzene rings is 2. The van der Waals surface area contributed by atoms with Crippen LogP contribution in [0, 0.1) is 0 Å². The topological polar surface area (TPSA) is 71.5 Å². The Labute approximate surface area is 136 Å². The molecule has 0 aliphatic carbocycles.